The van der Waals surface area contributed by atoms with Crippen LogP contribution in [0.4, 0.5) is 5.69 Å². The molecular formula is C14H22N4O3S2. The van der Waals surface area contributed by atoms with E-state index < -0.39 is 15.6 Å². The Labute approximate surface area is 141 Å². The number of carbonyl (C=O) groups excluding carboxylic acids is 1. The highest BCUT2D eigenvalue weighted by molar-refractivity contribution is 8.13. The molecule has 0 heterocycles. The normalized spacial score (nSPS) is 13.0. The van der Waals surface area contributed by atoms with Crippen LogP contribution in [0.3, 0.4) is 0 Å². The summed E-state index contributed by atoms with van der Waals surface area (Å²) in [6, 6.07) is 4.54. The predicted octanol–water partition coefficient (Wildman–Crippen LogP) is 1.51. The van der Waals surface area contributed by atoms with E-state index in [-0.39, 0.29) is 10.8 Å². The number of sulfonamides is 1. The Morgan fingerprint density at radius 1 is 1.30 bits per heavy atom. The lowest BCUT2D eigenvalue weighted by Crippen LogP contribution is -2.41. The molecule has 0 fully saturated rings. The van der Waals surface area contributed by atoms with Gasteiger partial charge in [-0.3, -0.25) is 4.79 Å². The van der Waals surface area contributed by atoms with Crippen LogP contribution in [-0.2, 0) is 14.8 Å². The molecular weight excluding hydrogens is 336 g/mol. The van der Waals surface area contributed by atoms with Crippen LogP contribution in [0.25, 0.3) is 0 Å². The first-order chi connectivity index (χ1) is 10.5. The van der Waals surface area contributed by atoms with Crippen LogP contribution in [0.5, 0.6) is 0 Å². The summed E-state index contributed by atoms with van der Waals surface area (Å²) in [5.41, 5.74) is 8.11. The van der Waals surface area contributed by atoms with Crippen molar-refractivity contribution in [3.05, 3.63) is 23.8 Å². The number of rotatable bonds is 4. The minimum absolute atomic E-state index is 0.0193. The third-order valence-electron chi connectivity index (χ3n) is 2.47. The van der Waals surface area contributed by atoms with Crippen molar-refractivity contribution < 1.29 is 13.2 Å². The molecule has 0 saturated heterocycles. The molecule has 0 aromatic heterocycles. The van der Waals surface area contributed by atoms with Gasteiger partial charge in [0.15, 0.2) is 0 Å². The predicted molar refractivity (Wildman–Crippen MR) is 94.8 cm³/mol. The second-order valence-corrected chi connectivity index (χ2v) is 8.35. The lowest BCUT2D eigenvalue weighted by atomic mass is 10.1. The number of amides is 1. The molecule has 1 rings (SSSR count). The standard InChI is InChI=1S/C14H22N4O3S2/c1-9(19)16-17-13(22-5)11-7-6-10(15)8-12(11)23(20,21)18-14(2,3)4/h6-8,18H,15H2,1-5H3,(H,16,19)/b17-13-. The van der Waals surface area contributed by atoms with Crippen LogP contribution in [0, 0.1) is 0 Å². The van der Waals surface area contributed by atoms with Gasteiger partial charge in [0.05, 0.1) is 4.90 Å². The Morgan fingerprint density at radius 2 is 1.91 bits per heavy atom. The number of hydrogen-bond acceptors (Lipinski definition) is 6. The lowest BCUT2D eigenvalue weighted by Gasteiger charge is -2.22. The summed E-state index contributed by atoms with van der Waals surface area (Å²) in [5.74, 6) is -0.343. The van der Waals surface area contributed by atoms with Gasteiger partial charge < -0.3 is 5.73 Å². The zero-order valence-electron chi connectivity index (χ0n) is 13.8. The van der Waals surface area contributed by atoms with Crippen molar-refractivity contribution in [3.8, 4) is 0 Å². The number of nitrogens with zero attached hydrogens (tertiary/aromatic N) is 1. The van der Waals surface area contributed by atoms with Gasteiger partial charge in [0.25, 0.3) is 0 Å². The minimum Gasteiger partial charge on any atom is -0.399 e. The molecule has 4 N–H and O–H groups in total. The quantitative estimate of drug-likeness (QED) is 0.327. The molecule has 1 aromatic rings. The van der Waals surface area contributed by atoms with E-state index in [2.05, 4.69) is 15.2 Å². The van der Waals surface area contributed by atoms with Crippen LogP contribution in [0.15, 0.2) is 28.2 Å². The van der Waals surface area contributed by atoms with Crippen molar-refractivity contribution in [3.63, 3.8) is 0 Å². The molecule has 0 aliphatic heterocycles. The van der Waals surface area contributed by atoms with Gasteiger partial charge in [0.1, 0.15) is 5.04 Å². The van der Waals surface area contributed by atoms with Gasteiger partial charge in [-0.1, -0.05) is 0 Å². The fraction of sp³-hybridized carbons (Fsp3) is 0.429. The van der Waals surface area contributed by atoms with E-state index in [1.807, 2.05) is 0 Å². The topological polar surface area (TPSA) is 114 Å². The zero-order chi connectivity index (χ0) is 17.8. The fourth-order valence-corrected chi connectivity index (χ4v) is 4.00. The first kappa shape index (κ1) is 19.5. The van der Waals surface area contributed by atoms with Crippen LogP contribution in [-0.4, -0.2) is 31.2 Å². The van der Waals surface area contributed by atoms with Crippen molar-refractivity contribution in [1.82, 2.24) is 10.1 Å². The average molecular weight is 358 g/mol. The number of anilines is 1. The second kappa shape index (κ2) is 7.33. The molecule has 0 radical (unpaired) electrons. The highest BCUT2D eigenvalue weighted by Crippen LogP contribution is 2.24. The van der Waals surface area contributed by atoms with E-state index in [1.165, 1.54) is 24.8 Å². The molecule has 0 bridgehead atoms. The van der Waals surface area contributed by atoms with E-state index in [0.29, 0.717) is 16.3 Å². The summed E-state index contributed by atoms with van der Waals surface area (Å²) in [6.07, 6.45) is 1.74. The summed E-state index contributed by atoms with van der Waals surface area (Å²) in [6.45, 7) is 6.56. The smallest absolute Gasteiger partial charge is 0.241 e. The molecule has 128 valence electrons. The largest absolute Gasteiger partial charge is 0.399 e. The van der Waals surface area contributed by atoms with E-state index in [0.717, 1.165) is 0 Å². The van der Waals surface area contributed by atoms with Crippen molar-refractivity contribution in [2.45, 2.75) is 38.1 Å². The minimum atomic E-state index is -3.80. The summed E-state index contributed by atoms with van der Waals surface area (Å²) in [4.78, 5) is 11.1. The lowest BCUT2D eigenvalue weighted by molar-refractivity contribution is -0.118. The Kier molecular flexibility index (Phi) is 6.20. The fourth-order valence-electron chi connectivity index (χ4n) is 1.74. The highest BCUT2D eigenvalue weighted by Gasteiger charge is 2.26. The van der Waals surface area contributed by atoms with Gasteiger partial charge in [0.2, 0.25) is 15.9 Å². The van der Waals surface area contributed by atoms with Crippen LogP contribution in [0.1, 0.15) is 33.3 Å². The number of hydrogen-bond donors (Lipinski definition) is 3. The molecule has 0 unspecified atom stereocenters. The van der Waals surface area contributed by atoms with Gasteiger partial charge in [-0.05, 0) is 45.2 Å². The van der Waals surface area contributed by atoms with Crippen molar-refractivity contribution >= 4 is 38.4 Å². The van der Waals surface area contributed by atoms with E-state index in [1.54, 1.807) is 39.2 Å². The molecule has 0 spiro atoms. The molecule has 1 aromatic carbocycles. The Balaban J connectivity index is 3.46. The van der Waals surface area contributed by atoms with Crippen LogP contribution in [0.2, 0.25) is 0 Å². The molecule has 0 saturated carbocycles. The summed E-state index contributed by atoms with van der Waals surface area (Å²) in [7, 11) is -3.80. The summed E-state index contributed by atoms with van der Waals surface area (Å²) >= 11 is 1.22. The Morgan fingerprint density at radius 3 is 2.39 bits per heavy atom. The maximum Gasteiger partial charge on any atom is 0.241 e. The third-order valence-corrected chi connectivity index (χ3v) is 4.97. The van der Waals surface area contributed by atoms with E-state index in [4.69, 9.17) is 5.73 Å². The monoisotopic (exact) mass is 358 g/mol. The second-order valence-electron chi connectivity index (χ2n) is 5.90. The van der Waals surface area contributed by atoms with Gasteiger partial charge in [-0.2, -0.15) is 5.10 Å². The maximum atomic E-state index is 12.7. The summed E-state index contributed by atoms with van der Waals surface area (Å²) in [5, 5.41) is 4.33. The van der Waals surface area contributed by atoms with Crippen molar-refractivity contribution in [2.24, 2.45) is 5.10 Å². The Hall–Kier alpha value is -1.58. The van der Waals surface area contributed by atoms with Crippen LogP contribution >= 0.6 is 11.8 Å². The third kappa shape index (κ3) is 5.85. The number of thioether (sulfide) groups is 1. The molecule has 7 nitrogen and oxygen atoms in total. The molecule has 9 heteroatoms. The number of hydrazone groups is 1. The molecule has 0 atom stereocenters. The number of carbonyl (C=O) groups is 1. The Bertz CT molecular complexity index is 722. The summed E-state index contributed by atoms with van der Waals surface area (Å²) < 4.78 is 27.9. The highest BCUT2D eigenvalue weighted by atomic mass is 32.2. The van der Waals surface area contributed by atoms with E-state index in [9.17, 15) is 13.2 Å². The molecule has 23 heavy (non-hydrogen) atoms. The number of nitrogens with two attached hydrogens (primary N) is 1. The molecule has 0 aliphatic carbocycles. The first-order valence-electron chi connectivity index (χ1n) is 6.78. The number of nitrogens with one attached hydrogen (secondary N) is 2. The maximum absolute atomic E-state index is 12.7. The van der Waals surface area contributed by atoms with Crippen LogP contribution < -0.4 is 15.9 Å². The first-order valence-corrected chi connectivity index (χ1v) is 9.49. The molecule has 0 aliphatic rings. The average Bonchev–Trinajstić information content (AvgIpc) is 2.37. The molecule has 1 amide bonds. The van der Waals surface area contributed by atoms with E-state index >= 15 is 0 Å². The number of nitrogen functional groups attached to an aromatic ring is 1. The van der Waals surface area contributed by atoms with Gasteiger partial charge >= 0.3 is 0 Å². The van der Waals surface area contributed by atoms with Gasteiger partial charge in [-0.25, -0.2) is 18.6 Å². The SMILES string of the molecule is CS/C(=N\NC(C)=O)c1ccc(N)cc1S(=O)(=O)NC(C)(C)C. The number of benzene rings is 1. The zero-order valence-corrected chi connectivity index (χ0v) is 15.4. The van der Waals surface area contributed by atoms with Gasteiger partial charge in [-0.15, -0.1) is 11.8 Å². The van der Waals surface area contributed by atoms with Gasteiger partial charge in [0, 0.05) is 23.7 Å². The van der Waals surface area contributed by atoms with Crippen molar-refractivity contribution in [1.29, 1.82) is 0 Å². The van der Waals surface area contributed by atoms with Crippen molar-refractivity contribution in [2.75, 3.05) is 12.0 Å².